The summed E-state index contributed by atoms with van der Waals surface area (Å²) in [6, 6.07) is -0.697. The van der Waals surface area contributed by atoms with Crippen LogP contribution in [0, 0.1) is 0 Å². The zero-order valence-electron chi connectivity index (χ0n) is 11.9. The van der Waals surface area contributed by atoms with Gasteiger partial charge in [0.2, 0.25) is 11.6 Å². The number of imidazole rings is 1. The van der Waals surface area contributed by atoms with Crippen LogP contribution in [0.3, 0.4) is 0 Å². The van der Waals surface area contributed by atoms with Crippen LogP contribution in [0.1, 0.15) is 30.4 Å². The number of aryl methyl sites for hydroxylation is 1. The molecule has 0 bridgehead atoms. The molecule has 1 unspecified atom stereocenters. The SMILES string of the molecule is CCNC(=O)C(C)n1nnc(C(=O)O)c1-c1nccn1C. The number of aromatic nitrogens is 5. The van der Waals surface area contributed by atoms with Gasteiger partial charge in [0.05, 0.1) is 0 Å². The van der Waals surface area contributed by atoms with Gasteiger partial charge in [-0.2, -0.15) is 0 Å². The first kappa shape index (κ1) is 14.7. The average Bonchev–Trinajstić information content (AvgIpc) is 3.03. The zero-order valence-corrected chi connectivity index (χ0v) is 11.9. The molecule has 9 heteroatoms. The fourth-order valence-electron chi connectivity index (χ4n) is 1.94. The summed E-state index contributed by atoms with van der Waals surface area (Å²) in [7, 11) is 1.72. The molecule has 2 N–H and O–H groups in total. The normalized spacial score (nSPS) is 12.1. The number of rotatable bonds is 5. The molecule has 0 aliphatic carbocycles. The first-order chi connectivity index (χ1) is 9.97. The Bertz CT molecular complexity index is 674. The maximum atomic E-state index is 12.0. The van der Waals surface area contributed by atoms with Gasteiger partial charge in [0.15, 0.2) is 5.82 Å². The highest BCUT2D eigenvalue weighted by Crippen LogP contribution is 2.23. The summed E-state index contributed by atoms with van der Waals surface area (Å²) < 4.78 is 2.92. The van der Waals surface area contributed by atoms with Gasteiger partial charge in [-0.05, 0) is 13.8 Å². The monoisotopic (exact) mass is 292 g/mol. The molecule has 1 atom stereocenters. The van der Waals surface area contributed by atoms with E-state index in [0.29, 0.717) is 12.4 Å². The van der Waals surface area contributed by atoms with Gasteiger partial charge in [0.25, 0.3) is 0 Å². The summed E-state index contributed by atoms with van der Waals surface area (Å²) in [5, 5.41) is 19.4. The second-order valence-electron chi connectivity index (χ2n) is 4.47. The van der Waals surface area contributed by atoms with E-state index >= 15 is 0 Å². The number of carboxylic acids is 1. The van der Waals surface area contributed by atoms with E-state index in [-0.39, 0.29) is 17.3 Å². The third kappa shape index (κ3) is 2.62. The molecule has 0 radical (unpaired) electrons. The first-order valence-corrected chi connectivity index (χ1v) is 6.41. The van der Waals surface area contributed by atoms with Crippen molar-refractivity contribution in [3.63, 3.8) is 0 Å². The third-order valence-corrected chi connectivity index (χ3v) is 3.03. The molecule has 0 saturated carbocycles. The number of hydrogen-bond acceptors (Lipinski definition) is 5. The second-order valence-corrected chi connectivity index (χ2v) is 4.47. The highest BCUT2D eigenvalue weighted by Gasteiger charge is 2.28. The van der Waals surface area contributed by atoms with Gasteiger partial charge in [-0.3, -0.25) is 4.79 Å². The molecule has 0 aliphatic heterocycles. The molecule has 0 aliphatic rings. The maximum Gasteiger partial charge on any atom is 0.358 e. The summed E-state index contributed by atoms with van der Waals surface area (Å²) in [4.78, 5) is 27.4. The quantitative estimate of drug-likeness (QED) is 0.806. The third-order valence-electron chi connectivity index (χ3n) is 3.03. The number of nitrogens with zero attached hydrogens (tertiary/aromatic N) is 5. The Morgan fingerprint density at radius 3 is 2.71 bits per heavy atom. The van der Waals surface area contributed by atoms with Crippen LogP contribution in [-0.2, 0) is 11.8 Å². The van der Waals surface area contributed by atoms with E-state index in [1.807, 2.05) is 0 Å². The molecule has 112 valence electrons. The standard InChI is InChI=1S/C12H16N6O3/c1-4-13-11(19)7(2)18-9(8(12(20)21)15-16-18)10-14-5-6-17(10)3/h5-7H,4H2,1-3H3,(H,13,19)(H,20,21). The van der Waals surface area contributed by atoms with Crippen LogP contribution >= 0.6 is 0 Å². The highest BCUT2D eigenvalue weighted by atomic mass is 16.4. The summed E-state index contributed by atoms with van der Waals surface area (Å²) in [6.45, 7) is 3.90. The van der Waals surface area contributed by atoms with E-state index in [9.17, 15) is 14.7 Å². The predicted octanol–water partition coefficient (Wildman–Crippen LogP) is 0.0739. The fourth-order valence-corrected chi connectivity index (χ4v) is 1.94. The van der Waals surface area contributed by atoms with Gasteiger partial charge in [-0.25, -0.2) is 14.5 Å². The lowest BCUT2D eigenvalue weighted by atomic mass is 10.2. The van der Waals surface area contributed by atoms with Crippen LogP contribution in [0.2, 0.25) is 0 Å². The van der Waals surface area contributed by atoms with Crippen molar-refractivity contribution in [1.29, 1.82) is 0 Å². The summed E-state index contributed by atoms with van der Waals surface area (Å²) in [5.74, 6) is -1.11. The fraction of sp³-hybridized carbons (Fsp3) is 0.417. The molecule has 0 spiro atoms. The predicted molar refractivity (Wildman–Crippen MR) is 72.6 cm³/mol. The Kier molecular flexibility index (Phi) is 4.01. The van der Waals surface area contributed by atoms with Crippen molar-refractivity contribution in [3.8, 4) is 11.5 Å². The van der Waals surface area contributed by atoms with E-state index in [1.54, 1.807) is 31.7 Å². The molecular weight excluding hydrogens is 276 g/mol. The minimum atomic E-state index is -1.22. The van der Waals surface area contributed by atoms with Crippen LogP contribution in [-0.4, -0.2) is 48.1 Å². The van der Waals surface area contributed by atoms with Crippen molar-refractivity contribution in [2.75, 3.05) is 6.54 Å². The zero-order chi connectivity index (χ0) is 15.6. The number of nitrogens with one attached hydrogen (secondary N) is 1. The lowest BCUT2D eigenvalue weighted by Gasteiger charge is -2.14. The molecule has 2 rings (SSSR count). The second kappa shape index (κ2) is 5.73. The van der Waals surface area contributed by atoms with Crippen molar-refractivity contribution >= 4 is 11.9 Å². The number of aromatic carboxylic acids is 1. The Hall–Kier alpha value is -2.71. The molecule has 2 aromatic rings. The van der Waals surface area contributed by atoms with E-state index < -0.39 is 12.0 Å². The van der Waals surface area contributed by atoms with Crippen LogP contribution in [0.15, 0.2) is 12.4 Å². The van der Waals surface area contributed by atoms with Crippen molar-refractivity contribution in [2.45, 2.75) is 19.9 Å². The van der Waals surface area contributed by atoms with Crippen LogP contribution < -0.4 is 5.32 Å². The molecule has 0 fully saturated rings. The molecular formula is C12H16N6O3. The highest BCUT2D eigenvalue weighted by molar-refractivity contribution is 5.92. The minimum absolute atomic E-state index is 0.203. The Labute approximate surface area is 120 Å². The molecule has 2 aromatic heterocycles. The number of hydrogen-bond donors (Lipinski definition) is 2. The number of likely N-dealkylation sites (N-methyl/N-ethyl adjacent to an activating group) is 1. The molecule has 2 heterocycles. The Balaban J connectivity index is 2.55. The summed E-state index contributed by atoms with van der Waals surface area (Å²) in [6.07, 6.45) is 3.21. The minimum Gasteiger partial charge on any atom is -0.476 e. The van der Waals surface area contributed by atoms with Crippen LogP contribution in [0.5, 0.6) is 0 Å². The van der Waals surface area contributed by atoms with Gasteiger partial charge >= 0.3 is 5.97 Å². The molecule has 9 nitrogen and oxygen atoms in total. The van der Waals surface area contributed by atoms with E-state index in [1.165, 1.54) is 10.9 Å². The maximum absolute atomic E-state index is 12.0. The van der Waals surface area contributed by atoms with Gasteiger partial charge in [0.1, 0.15) is 11.7 Å². The van der Waals surface area contributed by atoms with E-state index in [0.717, 1.165) is 0 Å². The molecule has 1 amide bonds. The van der Waals surface area contributed by atoms with Crippen LogP contribution in [0.4, 0.5) is 0 Å². The van der Waals surface area contributed by atoms with Gasteiger partial charge in [-0.1, -0.05) is 5.21 Å². The van der Waals surface area contributed by atoms with Crippen molar-refractivity contribution in [3.05, 3.63) is 18.1 Å². The number of amides is 1. The van der Waals surface area contributed by atoms with E-state index in [4.69, 9.17) is 0 Å². The largest absolute Gasteiger partial charge is 0.476 e. The van der Waals surface area contributed by atoms with Crippen molar-refractivity contribution < 1.29 is 14.7 Å². The number of carbonyl (C=O) groups is 2. The van der Waals surface area contributed by atoms with Crippen molar-refractivity contribution in [2.24, 2.45) is 7.05 Å². The lowest BCUT2D eigenvalue weighted by Crippen LogP contribution is -2.31. The topological polar surface area (TPSA) is 115 Å². The molecule has 0 saturated heterocycles. The van der Waals surface area contributed by atoms with Crippen molar-refractivity contribution in [1.82, 2.24) is 29.9 Å². The van der Waals surface area contributed by atoms with Gasteiger partial charge < -0.3 is 15.0 Å². The smallest absolute Gasteiger partial charge is 0.358 e. The van der Waals surface area contributed by atoms with Gasteiger partial charge in [-0.15, -0.1) is 5.10 Å². The Morgan fingerprint density at radius 2 is 2.19 bits per heavy atom. The molecule has 21 heavy (non-hydrogen) atoms. The number of carboxylic acid groups (broad SMARTS) is 1. The van der Waals surface area contributed by atoms with Gasteiger partial charge in [0, 0.05) is 26.0 Å². The first-order valence-electron chi connectivity index (χ1n) is 6.41. The van der Waals surface area contributed by atoms with Crippen LogP contribution in [0.25, 0.3) is 11.5 Å². The number of carbonyl (C=O) groups excluding carboxylic acids is 1. The Morgan fingerprint density at radius 1 is 1.48 bits per heavy atom. The molecule has 0 aromatic carbocycles. The van der Waals surface area contributed by atoms with E-state index in [2.05, 4.69) is 20.6 Å². The summed E-state index contributed by atoms with van der Waals surface area (Å²) in [5.41, 5.74) is -0.0331. The summed E-state index contributed by atoms with van der Waals surface area (Å²) >= 11 is 0. The average molecular weight is 292 g/mol. The lowest BCUT2D eigenvalue weighted by molar-refractivity contribution is -0.124.